The molecule has 3 nitrogen and oxygen atoms in total. The lowest BCUT2D eigenvalue weighted by Crippen LogP contribution is -2.30. The number of carbonyl (C=O) groups is 1. The molecule has 0 aliphatic heterocycles. The minimum atomic E-state index is -0.692. The highest BCUT2D eigenvalue weighted by Crippen LogP contribution is 2.28. The SMILES string of the molecule is C[C@@H](Oc1ccc(Br)cc1Cl)C(=O)Nc1cccc(Cl)c1. The lowest BCUT2D eigenvalue weighted by molar-refractivity contribution is -0.122. The van der Waals surface area contributed by atoms with E-state index in [2.05, 4.69) is 21.2 Å². The van der Waals surface area contributed by atoms with Gasteiger partial charge in [-0.1, -0.05) is 45.2 Å². The molecule has 0 saturated carbocycles. The lowest BCUT2D eigenvalue weighted by atomic mass is 10.3. The van der Waals surface area contributed by atoms with Gasteiger partial charge in [-0.3, -0.25) is 4.79 Å². The second-order valence-corrected chi connectivity index (χ2v) is 6.09. The van der Waals surface area contributed by atoms with Gasteiger partial charge in [-0.25, -0.2) is 0 Å². The Morgan fingerprint density at radius 1 is 1.24 bits per heavy atom. The molecule has 110 valence electrons. The summed E-state index contributed by atoms with van der Waals surface area (Å²) in [4.78, 5) is 12.1. The van der Waals surface area contributed by atoms with E-state index in [4.69, 9.17) is 27.9 Å². The average Bonchev–Trinajstić information content (AvgIpc) is 2.41. The Hall–Kier alpha value is -1.23. The first-order chi connectivity index (χ1) is 9.95. The number of hydrogen-bond donors (Lipinski definition) is 1. The van der Waals surface area contributed by atoms with E-state index in [1.165, 1.54) is 0 Å². The third-order valence-corrected chi connectivity index (χ3v) is 3.68. The number of nitrogens with one attached hydrogen (secondary N) is 1. The monoisotopic (exact) mass is 387 g/mol. The van der Waals surface area contributed by atoms with Gasteiger partial charge in [0.25, 0.3) is 5.91 Å². The van der Waals surface area contributed by atoms with Crippen molar-refractivity contribution >= 4 is 50.7 Å². The molecule has 0 aromatic heterocycles. The standard InChI is InChI=1S/C15H12BrCl2NO2/c1-9(21-14-6-5-10(16)7-13(14)18)15(20)19-12-4-2-3-11(17)8-12/h2-9H,1H3,(H,19,20)/t9-/m1/s1. The zero-order valence-corrected chi connectivity index (χ0v) is 14.2. The summed E-state index contributed by atoms with van der Waals surface area (Å²) in [6.07, 6.45) is -0.692. The summed E-state index contributed by atoms with van der Waals surface area (Å²) in [6, 6.07) is 12.1. The van der Waals surface area contributed by atoms with Gasteiger partial charge in [-0.15, -0.1) is 0 Å². The molecule has 0 fully saturated rings. The molecule has 0 aliphatic rings. The zero-order valence-electron chi connectivity index (χ0n) is 11.1. The van der Waals surface area contributed by atoms with Gasteiger partial charge < -0.3 is 10.1 Å². The number of carbonyl (C=O) groups excluding carboxylic acids is 1. The van der Waals surface area contributed by atoms with E-state index in [0.29, 0.717) is 21.5 Å². The first-order valence-electron chi connectivity index (χ1n) is 6.14. The van der Waals surface area contributed by atoms with Gasteiger partial charge in [-0.05, 0) is 43.3 Å². The molecule has 0 saturated heterocycles. The van der Waals surface area contributed by atoms with Gasteiger partial charge in [0, 0.05) is 15.2 Å². The molecule has 6 heteroatoms. The number of ether oxygens (including phenoxy) is 1. The number of amides is 1. The number of anilines is 1. The first kappa shape index (κ1) is 16.1. The van der Waals surface area contributed by atoms with Crippen LogP contribution in [0, 0.1) is 0 Å². The van der Waals surface area contributed by atoms with Crippen LogP contribution in [0.4, 0.5) is 5.69 Å². The van der Waals surface area contributed by atoms with Crippen LogP contribution in [0.3, 0.4) is 0 Å². The minimum absolute atomic E-state index is 0.281. The molecular weight excluding hydrogens is 377 g/mol. The fraction of sp³-hybridized carbons (Fsp3) is 0.133. The highest BCUT2D eigenvalue weighted by Gasteiger charge is 2.16. The summed E-state index contributed by atoms with van der Waals surface area (Å²) in [5.41, 5.74) is 0.616. The Labute approximate surface area is 141 Å². The molecule has 0 aliphatic carbocycles. The van der Waals surface area contributed by atoms with Crippen molar-refractivity contribution in [3.63, 3.8) is 0 Å². The molecule has 0 radical (unpaired) electrons. The predicted molar refractivity (Wildman–Crippen MR) is 89.3 cm³/mol. The molecule has 2 aromatic carbocycles. The summed E-state index contributed by atoms with van der Waals surface area (Å²) in [5.74, 6) is 0.171. The van der Waals surface area contributed by atoms with Crippen molar-refractivity contribution < 1.29 is 9.53 Å². The van der Waals surface area contributed by atoms with E-state index in [-0.39, 0.29) is 5.91 Å². The Bertz CT molecular complexity index is 664. The van der Waals surface area contributed by atoms with Crippen LogP contribution in [0.1, 0.15) is 6.92 Å². The zero-order chi connectivity index (χ0) is 15.4. The molecule has 0 spiro atoms. The summed E-state index contributed by atoms with van der Waals surface area (Å²) < 4.78 is 6.41. The maximum absolute atomic E-state index is 12.1. The van der Waals surface area contributed by atoms with Crippen molar-refractivity contribution in [3.8, 4) is 5.75 Å². The average molecular weight is 389 g/mol. The first-order valence-corrected chi connectivity index (χ1v) is 7.69. The number of rotatable bonds is 4. The Morgan fingerprint density at radius 3 is 2.67 bits per heavy atom. The second-order valence-electron chi connectivity index (χ2n) is 4.33. The van der Waals surface area contributed by atoms with E-state index in [0.717, 1.165) is 4.47 Å². The maximum atomic E-state index is 12.1. The van der Waals surface area contributed by atoms with Crippen LogP contribution in [-0.2, 0) is 4.79 Å². The van der Waals surface area contributed by atoms with E-state index in [1.807, 2.05) is 0 Å². The topological polar surface area (TPSA) is 38.3 Å². The third-order valence-electron chi connectivity index (χ3n) is 2.66. The van der Waals surface area contributed by atoms with E-state index in [1.54, 1.807) is 49.4 Å². The van der Waals surface area contributed by atoms with Crippen LogP contribution < -0.4 is 10.1 Å². The van der Waals surface area contributed by atoms with Crippen molar-refractivity contribution in [2.45, 2.75) is 13.0 Å². The molecule has 0 heterocycles. The Kier molecular flexibility index (Phi) is 5.51. The summed E-state index contributed by atoms with van der Waals surface area (Å²) >= 11 is 15.2. The highest BCUT2D eigenvalue weighted by molar-refractivity contribution is 9.10. The molecule has 1 N–H and O–H groups in total. The molecular formula is C15H12BrCl2NO2. The van der Waals surface area contributed by atoms with Crippen LogP contribution in [-0.4, -0.2) is 12.0 Å². The van der Waals surface area contributed by atoms with Gasteiger partial charge in [0.05, 0.1) is 5.02 Å². The molecule has 1 atom stereocenters. The van der Waals surface area contributed by atoms with Crippen molar-refractivity contribution in [2.75, 3.05) is 5.32 Å². The quantitative estimate of drug-likeness (QED) is 0.785. The molecule has 2 aromatic rings. The van der Waals surface area contributed by atoms with Gasteiger partial charge in [0.15, 0.2) is 6.10 Å². The fourth-order valence-electron chi connectivity index (χ4n) is 1.62. The number of halogens is 3. The van der Waals surface area contributed by atoms with Gasteiger partial charge >= 0.3 is 0 Å². The van der Waals surface area contributed by atoms with Crippen molar-refractivity contribution in [3.05, 3.63) is 57.0 Å². The van der Waals surface area contributed by atoms with Gasteiger partial charge in [0.1, 0.15) is 5.75 Å². The predicted octanol–water partition coefficient (Wildman–Crippen LogP) is 5.16. The third kappa shape index (κ3) is 4.63. The second kappa shape index (κ2) is 7.16. The molecule has 21 heavy (non-hydrogen) atoms. The molecule has 0 bridgehead atoms. The van der Waals surface area contributed by atoms with Crippen molar-refractivity contribution in [1.82, 2.24) is 0 Å². The number of hydrogen-bond acceptors (Lipinski definition) is 2. The fourth-order valence-corrected chi connectivity index (χ4v) is 2.53. The van der Waals surface area contributed by atoms with Crippen molar-refractivity contribution in [2.24, 2.45) is 0 Å². The normalized spacial score (nSPS) is 11.8. The minimum Gasteiger partial charge on any atom is -0.479 e. The van der Waals surface area contributed by atoms with E-state index >= 15 is 0 Å². The maximum Gasteiger partial charge on any atom is 0.265 e. The van der Waals surface area contributed by atoms with Crippen LogP contribution in [0.5, 0.6) is 5.75 Å². The van der Waals surface area contributed by atoms with Gasteiger partial charge in [0.2, 0.25) is 0 Å². The summed E-state index contributed by atoms with van der Waals surface area (Å²) in [5, 5.41) is 3.72. The van der Waals surface area contributed by atoms with Crippen LogP contribution >= 0.6 is 39.1 Å². The molecule has 2 rings (SSSR count). The Balaban J connectivity index is 2.02. The van der Waals surface area contributed by atoms with E-state index in [9.17, 15) is 4.79 Å². The number of benzene rings is 2. The van der Waals surface area contributed by atoms with Crippen LogP contribution in [0.2, 0.25) is 10.0 Å². The van der Waals surface area contributed by atoms with E-state index < -0.39 is 6.10 Å². The molecule has 1 amide bonds. The van der Waals surface area contributed by atoms with Gasteiger partial charge in [-0.2, -0.15) is 0 Å². The summed E-state index contributed by atoms with van der Waals surface area (Å²) in [7, 11) is 0. The molecule has 0 unspecified atom stereocenters. The van der Waals surface area contributed by atoms with Crippen molar-refractivity contribution in [1.29, 1.82) is 0 Å². The lowest BCUT2D eigenvalue weighted by Gasteiger charge is -2.16. The Morgan fingerprint density at radius 2 is 2.00 bits per heavy atom. The van der Waals surface area contributed by atoms with Crippen LogP contribution in [0.15, 0.2) is 46.9 Å². The summed E-state index contributed by atoms with van der Waals surface area (Å²) in [6.45, 7) is 1.65. The van der Waals surface area contributed by atoms with Crippen LogP contribution in [0.25, 0.3) is 0 Å². The smallest absolute Gasteiger partial charge is 0.265 e. The largest absolute Gasteiger partial charge is 0.479 e. The highest BCUT2D eigenvalue weighted by atomic mass is 79.9.